The van der Waals surface area contributed by atoms with Crippen LogP contribution in [0.2, 0.25) is 0 Å². The lowest BCUT2D eigenvalue weighted by molar-refractivity contribution is 0.590. The van der Waals surface area contributed by atoms with E-state index in [4.69, 9.17) is 14.4 Å². The van der Waals surface area contributed by atoms with Crippen molar-refractivity contribution in [3.05, 3.63) is 197 Å². The van der Waals surface area contributed by atoms with Crippen LogP contribution < -0.4 is 0 Å². The molecule has 370 valence electrons. The van der Waals surface area contributed by atoms with Gasteiger partial charge in [-0.3, -0.25) is 0 Å². The smallest absolute Gasteiger partial charge is 0.213 e. The van der Waals surface area contributed by atoms with Crippen LogP contribution in [0.3, 0.4) is 0 Å². The van der Waals surface area contributed by atoms with Crippen molar-refractivity contribution in [2.45, 2.75) is 105 Å². The Hall–Kier alpha value is -8.27. The monoisotopic (exact) mass is 978 g/mol. The molecule has 0 spiro atoms. The molecule has 8 aromatic carbocycles. The molecule has 0 radical (unpaired) electrons. The number of hydrogen-bond acceptors (Lipinski definition) is 3. The van der Waals surface area contributed by atoms with Crippen LogP contribution in [-0.2, 0) is 21.7 Å². The summed E-state index contributed by atoms with van der Waals surface area (Å²) in [4.78, 5) is 15.2. The molecule has 0 saturated carbocycles. The number of furan rings is 1. The van der Waals surface area contributed by atoms with Gasteiger partial charge in [0.15, 0.2) is 11.4 Å². The van der Waals surface area contributed by atoms with E-state index in [1.165, 1.54) is 22.3 Å². The molecule has 6 nitrogen and oxygen atoms in total. The van der Waals surface area contributed by atoms with E-state index in [1.807, 2.05) is 36.4 Å². The molecule has 0 aliphatic heterocycles. The average molecular weight is 978 g/mol. The molecule has 0 fully saturated rings. The Bertz CT molecular complexity index is 4120. The van der Waals surface area contributed by atoms with Gasteiger partial charge in [-0.25, -0.2) is 14.8 Å². The Balaban J connectivity index is 1.25. The van der Waals surface area contributed by atoms with Crippen LogP contribution in [0.15, 0.2) is 168 Å². The molecule has 0 unspecified atom stereocenters. The fourth-order valence-electron chi connectivity index (χ4n) is 11.1. The van der Waals surface area contributed by atoms with Crippen molar-refractivity contribution in [3.63, 3.8) is 0 Å². The lowest BCUT2D eigenvalue weighted by Crippen LogP contribution is -2.10. The summed E-state index contributed by atoms with van der Waals surface area (Å²) in [6.07, 6.45) is 0. The summed E-state index contributed by atoms with van der Waals surface area (Å²) in [5.74, 6) is 0.552. The molecule has 0 aliphatic rings. The Morgan fingerprint density at radius 2 is 0.827 bits per heavy atom. The van der Waals surface area contributed by atoms with E-state index in [-0.39, 0.29) is 21.7 Å². The summed E-state index contributed by atoms with van der Waals surface area (Å²) in [5, 5.41) is 6.34. The van der Waals surface area contributed by atoms with Gasteiger partial charge in [0, 0.05) is 43.4 Å². The van der Waals surface area contributed by atoms with E-state index < -0.39 is 0 Å². The van der Waals surface area contributed by atoms with Crippen LogP contribution in [0, 0.1) is 6.57 Å². The van der Waals surface area contributed by atoms with Crippen molar-refractivity contribution >= 4 is 71.2 Å². The summed E-state index contributed by atoms with van der Waals surface area (Å²) < 4.78 is 12.3. The van der Waals surface area contributed by atoms with Crippen molar-refractivity contribution in [2.75, 3.05) is 0 Å². The van der Waals surface area contributed by atoms with E-state index in [9.17, 15) is 6.57 Å². The van der Waals surface area contributed by atoms with Gasteiger partial charge < -0.3 is 13.6 Å². The molecule has 0 amide bonds. The van der Waals surface area contributed by atoms with Crippen molar-refractivity contribution in [1.29, 1.82) is 0 Å². The first kappa shape index (κ1) is 47.7. The first-order chi connectivity index (χ1) is 35.7. The average Bonchev–Trinajstić information content (AvgIpc) is 4.15. The van der Waals surface area contributed by atoms with Crippen molar-refractivity contribution in [1.82, 2.24) is 19.1 Å². The van der Waals surface area contributed by atoms with Gasteiger partial charge in [0.05, 0.1) is 57.0 Å². The highest BCUT2D eigenvalue weighted by Crippen LogP contribution is 2.50. The third kappa shape index (κ3) is 7.91. The van der Waals surface area contributed by atoms with Crippen LogP contribution in [0.5, 0.6) is 0 Å². The SMILES string of the molecule is [C-]#[N+]c1cc(-n2c3ccc(C(C)(C)C)cc3c3cc(C(C)(C)C)ccc32)c2oc3c(-c4nc(-c5ccccc5)cc(-c5ccccc5)n4)cccc3c2c1-n1c2ccc(C(C)(C)C)cc2c2cc(C(C)(C)C)ccc21. The Kier molecular flexibility index (Phi) is 10.7. The van der Waals surface area contributed by atoms with Crippen molar-refractivity contribution in [3.8, 4) is 45.3 Å². The van der Waals surface area contributed by atoms with Crippen LogP contribution in [0.4, 0.5) is 5.69 Å². The van der Waals surface area contributed by atoms with E-state index in [1.54, 1.807) is 0 Å². The largest absolute Gasteiger partial charge is 0.453 e. The topological polar surface area (TPSA) is 53.1 Å². The molecule has 75 heavy (non-hydrogen) atoms. The van der Waals surface area contributed by atoms with Gasteiger partial charge >= 0.3 is 0 Å². The van der Waals surface area contributed by atoms with Gasteiger partial charge in [0.1, 0.15) is 5.58 Å². The molecular formula is C69H63N5O. The second kappa shape index (κ2) is 16.9. The molecule has 12 rings (SSSR count). The lowest BCUT2D eigenvalue weighted by atomic mass is 9.85. The number of aromatic nitrogens is 4. The zero-order valence-corrected chi connectivity index (χ0v) is 45.2. The third-order valence-corrected chi connectivity index (χ3v) is 15.4. The maximum atomic E-state index is 9.25. The summed E-state index contributed by atoms with van der Waals surface area (Å²) in [6, 6.07) is 58.6. The van der Waals surface area contributed by atoms with E-state index in [2.05, 4.69) is 224 Å². The minimum atomic E-state index is -0.0815. The Morgan fingerprint density at radius 1 is 0.413 bits per heavy atom. The lowest BCUT2D eigenvalue weighted by Gasteiger charge is -2.20. The fraction of sp³-hybridized carbons (Fsp3) is 0.232. The standard InChI is InChI=1S/C69H63N5O/c1-66(2,3)43-27-31-56-49(35-43)50-36-44(67(4,5)6)28-32-57(50)73(56)60-40-55(70-13)62(74-58-33-29-45(68(7,8)9)37-51(58)52-38-46(69(10,11)12)30-34-59(52)74)61-47-25-20-26-48(63(47)75-64(60)61)65-71-53(41-21-16-14-17-22-41)39-54(72-65)42-23-18-15-19-24-42/h14-40H,1-12H3. The maximum Gasteiger partial charge on any atom is 0.213 e. The Labute approximate surface area is 440 Å². The van der Waals surface area contributed by atoms with E-state index in [0.717, 1.165) is 93.8 Å². The van der Waals surface area contributed by atoms with Crippen molar-refractivity contribution in [2.24, 2.45) is 0 Å². The summed E-state index contributed by atoms with van der Waals surface area (Å²) in [7, 11) is 0. The van der Waals surface area contributed by atoms with Gasteiger partial charge in [-0.1, -0.05) is 180 Å². The number of hydrogen-bond donors (Lipinski definition) is 0. The minimum Gasteiger partial charge on any atom is -0.453 e. The first-order valence-electron chi connectivity index (χ1n) is 26.3. The highest BCUT2D eigenvalue weighted by Gasteiger charge is 2.30. The first-order valence-corrected chi connectivity index (χ1v) is 26.3. The third-order valence-electron chi connectivity index (χ3n) is 15.4. The molecule has 0 saturated heterocycles. The number of rotatable bonds is 5. The van der Waals surface area contributed by atoms with Gasteiger partial charge in [-0.15, -0.1) is 0 Å². The zero-order valence-electron chi connectivity index (χ0n) is 45.2. The summed E-state index contributed by atoms with van der Waals surface area (Å²) in [5.41, 5.74) is 16.7. The number of benzene rings is 8. The predicted molar refractivity (Wildman–Crippen MR) is 315 cm³/mol. The molecule has 0 atom stereocenters. The van der Waals surface area contributed by atoms with Gasteiger partial charge in [-0.2, -0.15) is 0 Å². The van der Waals surface area contributed by atoms with Crippen LogP contribution in [0.1, 0.15) is 105 Å². The highest BCUT2D eigenvalue weighted by molar-refractivity contribution is 6.21. The molecule has 0 bridgehead atoms. The fourth-order valence-corrected chi connectivity index (χ4v) is 11.1. The molecule has 0 aliphatic carbocycles. The molecule has 4 heterocycles. The second-order valence-corrected chi connectivity index (χ2v) is 24.7. The van der Waals surface area contributed by atoms with Gasteiger partial charge in [0.25, 0.3) is 0 Å². The van der Waals surface area contributed by atoms with Gasteiger partial charge in [0.2, 0.25) is 5.69 Å². The minimum absolute atomic E-state index is 0.0740. The molecule has 4 aromatic heterocycles. The van der Waals surface area contributed by atoms with Gasteiger partial charge in [-0.05, 0) is 111 Å². The number of nitrogens with zero attached hydrogens (tertiary/aromatic N) is 5. The predicted octanol–water partition coefficient (Wildman–Crippen LogP) is 19.3. The number of para-hydroxylation sites is 1. The molecule has 6 heteroatoms. The normalized spacial score (nSPS) is 12.8. The summed E-state index contributed by atoms with van der Waals surface area (Å²) >= 11 is 0. The molecular weight excluding hydrogens is 915 g/mol. The van der Waals surface area contributed by atoms with Crippen molar-refractivity contribution < 1.29 is 4.42 Å². The zero-order chi connectivity index (χ0) is 52.5. The number of fused-ring (bicyclic) bond motifs is 9. The molecule has 0 N–H and O–H groups in total. The summed E-state index contributed by atoms with van der Waals surface area (Å²) in [6.45, 7) is 36.5. The van der Waals surface area contributed by atoms with Crippen LogP contribution in [-0.4, -0.2) is 19.1 Å². The Morgan fingerprint density at radius 3 is 1.23 bits per heavy atom. The molecule has 12 aromatic rings. The van der Waals surface area contributed by atoms with E-state index in [0.29, 0.717) is 22.7 Å². The van der Waals surface area contributed by atoms with E-state index >= 15 is 0 Å². The highest BCUT2D eigenvalue weighted by atomic mass is 16.3. The maximum absolute atomic E-state index is 9.25. The quantitative estimate of drug-likeness (QED) is 0.162. The second-order valence-electron chi connectivity index (χ2n) is 24.7. The van der Waals surface area contributed by atoms with Crippen LogP contribution >= 0.6 is 0 Å². The van der Waals surface area contributed by atoms with Crippen LogP contribution in [0.25, 0.3) is 116 Å².